The van der Waals surface area contributed by atoms with Gasteiger partial charge in [0.15, 0.2) is 0 Å². The fraction of sp³-hybridized carbons (Fsp3) is 0.455. The molecule has 1 aromatic rings. The Balaban J connectivity index is 3.04. The lowest BCUT2D eigenvalue weighted by atomic mass is 9.95. The highest BCUT2D eigenvalue weighted by molar-refractivity contribution is 5.37. The van der Waals surface area contributed by atoms with Gasteiger partial charge in [-0.1, -0.05) is 0 Å². The molecule has 0 saturated carbocycles. The molecule has 0 amide bonds. The molecule has 1 rings (SSSR count). The van der Waals surface area contributed by atoms with Gasteiger partial charge in [0.25, 0.3) is 0 Å². The number of halogens is 1. The molecule has 3 N–H and O–H groups in total. The second kappa shape index (κ2) is 3.58. The van der Waals surface area contributed by atoms with Crippen LogP contribution in [0.5, 0.6) is 5.75 Å². The molecule has 0 spiro atoms. The highest BCUT2D eigenvalue weighted by Crippen LogP contribution is 2.24. The number of aromatic hydroxyl groups is 1. The summed E-state index contributed by atoms with van der Waals surface area (Å²) in [6.07, 6.45) is 0.454. The normalized spacial score (nSPS) is 11.8. The highest BCUT2D eigenvalue weighted by Gasteiger charge is 2.15. The number of nitrogens with two attached hydrogens (primary N) is 1. The van der Waals surface area contributed by atoms with Crippen molar-refractivity contribution in [2.45, 2.75) is 32.7 Å². The third-order valence-corrected chi connectivity index (χ3v) is 2.01. The first kappa shape index (κ1) is 11.0. The van der Waals surface area contributed by atoms with Gasteiger partial charge < -0.3 is 10.8 Å². The van der Waals surface area contributed by atoms with E-state index in [4.69, 9.17) is 5.73 Å². The average Bonchev–Trinajstić information content (AvgIpc) is 1.97. The maximum Gasteiger partial charge on any atom is 0.126 e. The molecule has 0 aromatic heterocycles. The lowest BCUT2D eigenvalue weighted by Crippen LogP contribution is -2.34. The summed E-state index contributed by atoms with van der Waals surface area (Å²) in [5, 5.41) is 9.56. The fourth-order valence-corrected chi connectivity index (χ4v) is 1.34. The molecule has 0 unspecified atom stereocenters. The van der Waals surface area contributed by atoms with Crippen molar-refractivity contribution >= 4 is 0 Å². The Morgan fingerprint density at radius 3 is 2.50 bits per heavy atom. The van der Waals surface area contributed by atoms with E-state index >= 15 is 0 Å². The first-order valence-corrected chi connectivity index (χ1v) is 4.56. The van der Waals surface area contributed by atoms with E-state index in [1.54, 1.807) is 6.92 Å². The lowest BCUT2D eigenvalue weighted by Gasteiger charge is -2.19. The van der Waals surface area contributed by atoms with Crippen LogP contribution in [0.1, 0.15) is 25.0 Å². The van der Waals surface area contributed by atoms with Crippen LogP contribution in [0.4, 0.5) is 4.39 Å². The molecule has 0 saturated heterocycles. The predicted octanol–water partition coefficient (Wildman–Crippen LogP) is 2.12. The maximum atomic E-state index is 13.2. The molecule has 2 nitrogen and oxygen atoms in total. The third-order valence-electron chi connectivity index (χ3n) is 2.01. The molecule has 3 heteroatoms. The summed E-state index contributed by atoms with van der Waals surface area (Å²) in [6.45, 7) is 5.29. The quantitative estimate of drug-likeness (QED) is 0.762. The molecule has 0 radical (unpaired) electrons. The van der Waals surface area contributed by atoms with Crippen LogP contribution >= 0.6 is 0 Å². The van der Waals surface area contributed by atoms with Crippen LogP contribution in [0.25, 0.3) is 0 Å². The minimum Gasteiger partial charge on any atom is -0.508 e. The van der Waals surface area contributed by atoms with E-state index in [9.17, 15) is 9.50 Å². The van der Waals surface area contributed by atoms with Crippen LogP contribution in [0.15, 0.2) is 12.1 Å². The van der Waals surface area contributed by atoms with Gasteiger partial charge in [-0.05, 0) is 50.5 Å². The minimum absolute atomic E-state index is 0.113. The Kier molecular flexibility index (Phi) is 2.81. The summed E-state index contributed by atoms with van der Waals surface area (Å²) < 4.78 is 13.2. The first-order chi connectivity index (χ1) is 6.29. The van der Waals surface area contributed by atoms with E-state index < -0.39 is 5.54 Å². The summed E-state index contributed by atoms with van der Waals surface area (Å²) in [5.74, 6) is -0.190. The van der Waals surface area contributed by atoms with E-state index in [1.165, 1.54) is 12.1 Å². The number of phenols is 1. The van der Waals surface area contributed by atoms with Crippen LogP contribution < -0.4 is 5.73 Å². The Morgan fingerprint density at radius 2 is 2.00 bits per heavy atom. The Bertz CT molecular complexity index is 342. The average molecular weight is 197 g/mol. The van der Waals surface area contributed by atoms with Crippen molar-refractivity contribution in [1.82, 2.24) is 0 Å². The molecule has 0 atom stereocenters. The van der Waals surface area contributed by atoms with Gasteiger partial charge in [-0.25, -0.2) is 4.39 Å². The van der Waals surface area contributed by atoms with Crippen LogP contribution in [0, 0.1) is 12.7 Å². The summed E-state index contributed by atoms with van der Waals surface area (Å²) in [4.78, 5) is 0. The highest BCUT2D eigenvalue weighted by atomic mass is 19.1. The standard InChI is InChI=1S/C11H16FNO/c1-7-4-10(14)8(5-9(7)12)6-11(2,3)13/h4-5,14H,6,13H2,1-3H3. The summed E-state index contributed by atoms with van der Waals surface area (Å²) in [5.41, 5.74) is 6.35. The largest absolute Gasteiger partial charge is 0.508 e. The predicted molar refractivity (Wildman–Crippen MR) is 54.8 cm³/mol. The van der Waals surface area contributed by atoms with Crippen LogP contribution in [-0.2, 0) is 6.42 Å². The third kappa shape index (κ3) is 2.70. The van der Waals surface area contributed by atoms with Crippen LogP contribution in [0.3, 0.4) is 0 Å². The van der Waals surface area contributed by atoms with Crippen molar-refractivity contribution in [2.75, 3.05) is 0 Å². The van der Waals surface area contributed by atoms with Crippen molar-refractivity contribution in [3.8, 4) is 5.75 Å². The molecule has 78 valence electrons. The van der Waals surface area contributed by atoms with Crippen molar-refractivity contribution in [3.05, 3.63) is 29.1 Å². The maximum absolute atomic E-state index is 13.2. The number of rotatable bonds is 2. The molecular formula is C11H16FNO. The number of hydrogen-bond acceptors (Lipinski definition) is 2. The zero-order chi connectivity index (χ0) is 10.9. The van der Waals surface area contributed by atoms with Crippen molar-refractivity contribution in [3.63, 3.8) is 0 Å². The van der Waals surface area contributed by atoms with Gasteiger partial charge in [-0.3, -0.25) is 0 Å². The van der Waals surface area contributed by atoms with Gasteiger partial charge in [0.05, 0.1) is 0 Å². The molecule has 14 heavy (non-hydrogen) atoms. The molecule has 0 aliphatic rings. The van der Waals surface area contributed by atoms with Gasteiger partial charge in [-0.15, -0.1) is 0 Å². The van der Waals surface area contributed by atoms with E-state index in [1.807, 2.05) is 13.8 Å². The van der Waals surface area contributed by atoms with Gasteiger partial charge in [0, 0.05) is 5.54 Å². The van der Waals surface area contributed by atoms with Gasteiger partial charge >= 0.3 is 0 Å². The summed E-state index contributed by atoms with van der Waals surface area (Å²) in [7, 11) is 0. The van der Waals surface area contributed by atoms with Crippen LogP contribution in [0.2, 0.25) is 0 Å². The van der Waals surface area contributed by atoms with E-state index in [-0.39, 0.29) is 11.6 Å². The number of hydrogen-bond donors (Lipinski definition) is 2. The molecule has 0 bridgehead atoms. The van der Waals surface area contributed by atoms with E-state index in [0.29, 0.717) is 17.5 Å². The van der Waals surface area contributed by atoms with Gasteiger partial charge in [-0.2, -0.15) is 0 Å². The topological polar surface area (TPSA) is 46.2 Å². The number of aryl methyl sites for hydroxylation is 1. The van der Waals surface area contributed by atoms with Gasteiger partial charge in [0.2, 0.25) is 0 Å². The number of phenolic OH excluding ortho intramolecular Hbond substituents is 1. The SMILES string of the molecule is Cc1cc(O)c(CC(C)(C)N)cc1F. The Labute approximate surface area is 83.6 Å². The Hall–Kier alpha value is -1.09. The zero-order valence-electron chi connectivity index (χ0n) is 8.76. The van der Waals surface area contributed by atoms with Gasteiger partial charge in [0.1, 0.15) is 11.6 Å². The smallest absolute Gasteiger partial charge is 0.126 e. The summed E-state index contributed by atoms with van der Waals surface area (Å²) in [6, 6.07) is 2.77. The monoisotopic (exact) mass is 197 g/mol. The fourth-order valence-electron chi connectivity index (χ4n) is 1.34. The summed E-state index contributed by atoms with van der Waals surface area (Å²) >= 11 is 0. The van der Waals surface area contributed by atoms with Crippen molar-refractivity contribution in [2.24, 2.45) is 5.73 Å². The molecule has 0 fully saturated rings. The molecule has 0 aliphatic heterocycles. The first-order valence-electron chi connectivity index (χ1n) is 4.56. The second-order valence-electron chi connectivity index (χ2n) is 4.40. The van der Waals surface area contributed by atoms with Crippen molar-refractivity contribution in [1.29, 1.82) is 0 Å². The molecule has 1 aromatic carbocycles. The number of benzene rings is 1. The zero-order valence-corrected chi connectivity index (χ0v) is 8.76. The lowest BCUT2D eigenvalue weighted by molar-refractivity contribution is 0.446. The molecular weight excluding hydrogens is 181 g/mol. The Morgan fingerprint density at radius 1 is 1.43 bits per heavy atom. The molecule has 0 heterocycles. The second-order valence-corrected chi connectivity index (χ2v) is 4.40. The minimum atomic E-state index is -0.445. The van der Waals surface area contributed by atoms with E-state index in [0.717, 1.165) is 0 Å². The molecule has 0 aliphatic carbocycles. The van der Waals surface area contributed by atoms with Crippen LogP contribution in [-0.4, -0.2) is 10.6 Å². The van der Waals surface area contributed by atoms with Crippen molar-refractivity contribution < 1.29 is 9.50 Å². The van der Waals surface area contributed by atoms with E-state index in [2.05, 4.69) is 0 Å².